The molecule has 3 aromatic rings. The van der Waals surface area contributed by atoms with Gasteiger partial charge in [-0.05, 0) is 42.7 Å². The molecule has 0 aliphatic heterocycles. The summed E-state index contributed by atoms with van der Waals surface area (Å²) in [7, 11) is -0.231. The highest BCUT2D eigenvalue weighted by Gasteiger charge is 2.28. The van der Waals surface area contributed by atoms with Crippen LogP contribution in [-0.4, -0.2) is 23.7 Å². The summed E-state index contributed by atoms with van der Waals surface area (Å²) in [6, 6.07) is 29.0. The van der Waals surface area contributed by atoms with Crippen molar-refractivity contribution in [2.75, 3.05) is 12.0 Å². The van der Waals surface area contributed by atoms with Crippen molar-refractivity contribution in [2.24, 2.45) is 5.16 Å². The smallest absolute Gasteiger partial charge is 0.318 e. The number of oxime groups is 1. The average molecular weight is 409 g/mol. The number of carbonyl (C=O) groups excluding carboxylic acids is 1. The van der Waals surface area contributed by atoms with Gasteiger partial charge in [-0.15, -0.1) is 11.8 Å². The van der Waals surface area contributed by atoms with Gasteiger partial charge >= 0.3 is 5.97 Å². The monoisotopic (exact) mass is 408 g/mol. The Labute approximate surface area is 173 Å². The van der Waals surface area contributed by atoms with Crippen LogP contribution < -0.4 is 0 Å². The lowest BCUT2D eigenvalue weighted by Gasteiger charge is -2.10. The van der Waals surface area contributed by atoms with Crippen molar-refractivity contribution in [3.05, 3.63) is 90.5 Å². The van der Waals surface area contributed by atoms with Gasteiger partial charge in [0.15, 0.2) is 15.5 Å². The standard InChI is InChI=1S/C23H22NO2S2/c1-18(25)26-24-23(19-13-15-20(27-2)16-14-19)17-28(21-9-5-3-6-10-21)22-11-7-4-8-12-22/h3-16H,17H2,1-2H3/q+1. The molecule has 142 valence electrons. The lowest BCUT2D eigenvalue weighted by atomic mass is 10.1. The molecule has 0 heterocycles. The molecule has 0 aliphatic rings. The van der Waals surface area contributed by atoms with E-state index in [4.69, 9.17) is 4.84 Å². The lowest BCUT2D eigenvalue weighted by molar-refractivity contribution is -0.140. The second-order valence-corrected chi connectivity index (χ2v) is 8.90. The SMILES string of the molecule is CSc1ccc(C(C[S+](c2ccccc2)c2ccccc2)=NOC(C)=O)cc1. The number of hydrogen-bond donors (Lipinski definition) is 0. The van der Waals surface area contributed by atoms with Crippen molar-refractivity contribution in [2.45, 2.75) is 21.6 Å². The number of thioether (sulfide) groups is 1. The number of benzene rings is 3. The van der Waals surface area contributed by atoms with Crippen molar-refractivity contribution in [3.8, 4) is 0 Å². The molecule has 0 aromatic heterocycles. The number of rotatable bonds is 7. The molecular formula is C23H22NO2S2+. The van der Waals surface area contributed by atoms with Crippen LogP contribution in [0.2, 0.25) is 0 Å². The minimum absolute atomic E-state index is 0.231. The van der Waals surface area contributed by atoms with E-state index in [2.05, 4.69) is 65.8 Å². The van der Waals surface area contributed by atoms with E-state index in [0.29, 0.717) is 5.75 Å². The molecular weight excluding hydrogens is 386 g/mol. The molecule has 0 atom stereocenters. The Morgan fingerprint density at radius 1 is 0.893 bits per heavy atom. The molecule has 0 saturated heterocycles. The third-order valence-corrected chi connectivity index (χ3v) is 7.03. The lowest BCUT2D eigenvalue weighted by Crippen LogP contribution is -2.19. The molecule has 0 saturated carbocycles. The first-order valence-electron chi connectivity index (χ1n) is 8.87. The van der Waals surface area contributed by atoms with Crippen LogP contribution in [0.25, 0.3) is 0 Å². The number of hydrogen-bond acceptors (Lipinski definition) is 4. The first-order valence-corrected chi connectivity index (χ1v) is 11.5. The van der Waals surface area contributed by atoms with Crippen molar-refractivity contribution in [1.82, 2.24) is 0 Å². The summed E-state index contributed by atoms with van der Waals surface area (Å²) in [5, 5.41) is 4.21. The quantitative estimate of drug-likeness (QED) is 0.172. The van der Waals surface area contributed by atoms with Crippen molar-refractivity contribution >= 4 is 34.3 Å². The Hall–Kier alpha value is -2.50. The maximum absolute atomic E-state index is 11.4. The Balaban J connectivity index is 1.99. The van der Waals surface area contributed by atoms with Crippen LogP contribution in [-0.2, 0) is 20.5 Å². The van der Waals surface area contributed by atoms with Gasteiger partial charge in [0.1, 0.15) is 5.71 Å². The van der Waals surface area contributed by atoms with Gasteiger partial charge in [-0.3, -0.25) is 0 Å². The third-order valence-electron chi connectivity index (χ3n) is 4.04. The zero-order valence-corrected chi connectivity index (χ0v) is 17.5. The van der Waals surface area contributed by atoms with Crippen LogP contribution in [0.1, 0.15) is 12.5 Å². The van der Waals surface area contributed by atoms with E-state index in [1.165, 1.54) is 21.6 Å². The molecule has 0 spiro atoms. The van der Waals surface area contributed by atoms with E-state index in [-0.39, 0.29) is 10.9 Å². The van der Waals surface area contributed by atoms with Crippen LogP contribution in [0, 0.1) is 0 Å². The van der Waals surface area contributed by atoms with Gasteiger partial charge in [0, 0.05) is 17.4 Å². The number of carbonyl (C=O) groups is 1. The Morgan fingerprint density at radius 3 is 1.89 bits per heavy atom. The van der Waals surface area contributed by atoms with Crippen LogP contribution in [0.3, 0.4) is 0 Å². The molecule has 0 amide bonds. The maximum Gasteiger partial charge on any atom is 0.331 e. The van der Waals surface area contributed by atoms with E-state index in [1.54, 1.807) is 11.8 Å². The van der Waals surface area contributed by atoms with Crippen LogP contribution in [0.5, 0.6) is 0 Å². The fraction of sp³-hybridized carbons (Fsp3) is 0.130. The molecule has 0 N–H and O–H groups in total. The summed E-state index contributed by atoms with van der Waals surface area (Å²) < 4.78 is 0. The van der Waals surface area contributed by atoms with E-state index in [0.717, 1.165) is 11.3 Å². The molecule has 5 heteroatoms. The molecule has 0 aliphatic carbocycles. The molecule has 0 bridgehead atoms. The maximum atomic E-state index is 11.4. The van der Waals surface area contributed by atoms with Gasteiger partial charge in [-0.25, -0.2) is 4.79 Å². The molecule has 3 aromatic carbocycles. The van der Waals surface area contributed by atoms with Crippen molar-refractivity contribution in [3.63, 3.8) is 0 Å². The molecule has 3 nitrogen and oxygen atoms in total. The molecule has 0 unspecified atom stereocenters. The van der Waals surface area contributed by atoms with E-state index < -0.39 is 5.97 Å². The summed E-state index contributed by atoms with van der Waals surface area (Å²) in [5.74, 6) is 0.234. The zero-order valence-electron chi connectivity index (χ0n) is 15.9. The first kappa shape index (κ1) is 20.2. The largest absolute Gasteiger partial charge is 0.331 e. The van der Waals surface area contributed by atoms with E-state index in [1.807, 2.05) is 30.5 Å². The Morgan fingerprint density at radius 2 is 1.43 bits per heavy atom. The summed E-state index contributed by atoms with van der Waals surface area (Å²) in [5.41, 5.74) is 1.72. The summed E-state index contributed by atoms with van der Waals surface area (Å²) >= 11 is 1.69. The van der Waals surface area contributed by atoms with Crippen molar-refractivity contribution < 1.29 is 9.63 Å². The zero-order chi connectivity index (χ0) is 19.8. The first-order chi connectivity index (χ1) is 13.7. The fourth-order valence-electron chi connectivity index (χ4n) is 2.67. The van der Waals surface area contributed by atoms with Gasteiger partial charge in [0.2, 0.25) is 0 Å². The Kier molecular flexibility index (Phi) is 7.34. The van der Waals surface area contributed by atoms with Crippen LogP contribution >= 0.6 is 11.8 Å². The van der Waals surface area contributed by atoms with Gasteiger partial charge in [0.05, 0.1) is 10.9 Å². The minimum atomic E-state index is -0.419. The molecule has 3 rings (SSSR count). The Bertz CT molecular complexity index is 886. The summed E-state index contributed by atoms with van der Waals surface area (Å²) in [4.78, 5) is 20.0. The number of nitrogens with zero attached hydrogens (tertiary/aromatic N) is 1. The highest BCUT2D eigenvalue weighted by atomic mass is 32.2. The van der Waals surface area contributed by atoms with E-state index >= 15 is 0 Å². The topological polar surface area (TPSA) is 38.7 Å². The molecule has 0 fully saturated rings. The molecule has 0 radical (unpaired) electrons. The third kappa shape index (κ3) is 5.50. The predicted molar refractivity (Wildman–Crippen MR) is 118 cm³/mol. The second kappa shape index (κ2) is 10.2. The van der Waals surface area contributed by atoms with Crippen LogP contribution in [0.15, 0.2) is 105 Å². The predicted octanol–water partition coefficient (Wildman–Crippen LogP) is 5.41. The summed E-state index contributed by atoms with van der Waals surface area (Å²) in [6.45, 7) is 1.37. The minimum Gasteiger partial charge on any atom is -0.318 e. The molecule has 28 heavy (non-hydrogen) atoms. The van der Waals surface area contributed by atoms with E-state index in [9.17, 15) is 4.79 Å². The highest BCUT2D eigenvalue weighted by molar-refractivity contribution is 7.98. The van der Waals surface area contributed by atoms with Gasteiger partial charge in [0.25, 0.3) is 0 Å². The highest BCUT2D eigenvalue weighted by Crippen LogP contribution is 2.25. The van der Waals surface area contributed by atoms with Gasteiger partial charge in [-0.1, -0.05) is 53.7 Å². The summed E-state index contributed by atoms with van der Waals surface area (Å²) in [6.07, 6.45) is 2.05. The average Bonchev–Trinajstić information content (AvgIpc) is 2.75. The fourth-order valence-corrected chi connectivity index (χ4v) is 5.15. The van der Waals surface area contributed by atoms with Crippen LogP contribution in [0.4, 0.5) is 0 Å². The second-order valence-electron chi connectivity index (χ2n) is 6.01. The van der Waals surface area contributed by atoms with Gasteiger partial charge < -0.3 is 4.84 Å². The van der Waals surface area contributed by atoms with Gasteiger partial charge in [-0.2, -0.15) is 0 Å². The van der Waals surface area contributed by atoms with Crippen molar-refractivity contribution in [1.29, 1.82) is 0 Å². The normalized spacial score (nSPS) is 11.5.